The maximum atomic E-state index is 5.45. The normalized spacial score (nSPS) is 12.0. The Bertz CT molecular complexity index is 679. The molecule has 0 radical (unpaired) electrons. The van der Waals surface area contributed by atoms with Crippen molar-refractivity contribution >= 4 is 5.96 Å². The van der Waals surface area contributed by atoms with Crippen LogP contribution in [0.1, 0.15) is 74.9 Å². The van der Waals surface area contributed by atoms with Crippen LogP contribution >= 0.6 is 0 Å². The molecule has 0 atom stereocenters. The van der Waals surface area contributed by atoms with E-state index in [0.717, 1.165) is 54.2 Å². The standard InChI is InChI=1S/C19H31N5O2/c1-6-13(7-2)17-10-14(25-24-17)11-21-19(20-5)22-12-15-16(8-3)23-26-18(15)9-4/h10,13H,6-9,11-12H2,1-5H3,(H2,20,21,22). The third-order valence-corrected chi connectivity index (χ3v) is 4.67. The summed E-state index contributed by atoms with van der Waals surface area (Å²) in [5, 5.41) is 14.9. The molecule has 0 unspecified atom stereocenters. The van der Waals surface area contributed by atoms with Gasteiger partial charge in [0.2, 0.25) is 0 Å². The van der Waals surface area contributed by atoms with Crippen molar-refractivity contribution in [3.8, 4) is 0 Å². The second-order valence-electron chi connectivity index (χ2n) is 6.25. The van der Waals surface area contributed by atoms with E-state index in [1.165, 1.54) is 0 Å². The van der Waals surface area contributed by atoms with Crippen molar-refractivity contribution in [2.24, 2.45) is 4.99 Å². The van der Waals surface area contributed by atoms with Gasteiger partial charge in [-0.2, -0.15) is 0 Å². The van der Waals surface area contributed by atoms with Crippen LogP contribution in [-0.4, -0.2) is 23.3 Å². The molecular formula is C19H31N5O2. The van der Waals surface area contributed by atoms with Gasteiger partial charge in [-0.1, -0.05) is 38.0 Å². The number of guanidine groups is 1. The van der Waals surface area contributed by atoms with Gasteiger partial charge in [0.05, 0.1) is 17.9 Å². The molecule has 2 N–H and O–H groups in total. The van der Waals surface area contributed by atoms with Crippen LogP contribution in [0.15, 0.2) is 20.1 Å². The molecule has 7 nitrogen and oxygen atoms in total. The van der Waals surface area contributed by atoms with Crippen molar-refractivity contribution in [3.63, 3.8) is 0 Å². The fourth-order valence-electron chi connectivity index (χ4n) is 3.01. The molecule has 2 aromatic heterocycles. The monoisotopic (exact) mass is 361 g/mol. The van der Waals surface area contributed by atoms with E-state index < -0.39 is 0 Å². The van der Waals surface area contributed by atoms with Gasteiger partial charge in [0, 0.05) is 37.6 Å². The molecule has 0 amide bonds. The number of aliphatic imine (C=N–C) groups is 1. The lowest BCUT2D eigenvalue weighted by molar-refractivity contribution is 0.368. The molecule has 0 aliphatic rings. The highest BCUT2D eigenvalue weighted by Crippen LogP contribution is 2.22. The fraction of sp³-hybridized carbons (Fsp3) is 0.632. The van der Waals surface area contributed by atoms with Crippen LogP contribution in [0.2, 0.25) is 0 Å². The van der Waals surface area contributed by atoms with Crippen LogP contribution in [0.4, 0.5) is 0 Å². The maximum absolute atomic E-state index is 5.45. The second-order valence-corrected chi connectivity index (χ2v) is 6.25. The minimum absolute atomic E-state index is 0.457. The summed E-state index contributed by atoms with van der Waals surface area (Å²) in [4.78, 5) is 4.27. The summed E-state index contributed by atoms with van der Waals surface area (Å²) < 4.78 is 10.9. The topological polar surface area (TPSA) is 88.5 Å². The van der Waals surface area contributed by atoms with E-state index >= 15 is 0 Å². The van der Waals surface area contributed by atoms with Gasteiger partial charge in [-0.15, -0.1) is 0 Å². The van der Waals surface area contributed by atoms with Gasteiger partial charge in [0.25, 0.3) is 0 Å². The van der Waals surface area contributed by atoms with Gasteiger partial charge in [0.1, 0.15) is 5.76 Å². The van der Waals surface area contributed by atoms with Crippen LogP contribution in [0.5, 0.6) is 0 Å². The number of hydrogen-bond acceptors (Lipinski definition) is 5. The van der Waals surface area contributed by atoms with Gasteiger partial charge in [-0.25, -0.2) is 0 Å². The molecule has 2 heterocycles. The first-order chi connectivity index (χ1) is 12.7. The number of hydrogen-bond donors (Lipinski definition) is 2. The van der Waals surface area contributed by atoms with Crippen LogP contribution in [-0.2, 0) is 25.9 Å². The first-order valence-electron chi connectivity index (χ1n) is 9.52. The Hall–Kier alpha value is -2.31. The molecule has 0 spiro atoms. The van der Waals surface area contributed by atoms with E-state index in [9.17, 15) is 0 Å². The predicted octanol–water partition coefficient (Wildman–Crippen LogP) is 3.56. The van der Waals surface area contributed by atoms with Crippen molar-refractivity contribution in [1.82, 2.24) is 20.9 Å². The van der Waals surface area contributed by atoms with E-state index in [2.05, 4.69) is 53.6 Å². The highest BCUT2D eigenvalue weighted by Gasteiger charge is 2.15. The summed E-state index contributed by atoms with van der Waals surface area (Å²) in [5.74, 6) is 2.90. The summed E-state index contributed by atoms with van der Waals surface area (Å²) in [5.41, 5.74) is 3.14. The Kier molecular flexibility index (Phi) is 7.69. The average Bonchev–Trinajstić information content (AvgIpc) is 3.29. The molecule has 144 valence electrons. The quantitative estimate of drug-likeness (QED) is 0.524. The summed E-state index contributed by atoms with van der Waals surface area (Å²) in [6.45, 7) is 9.66. The Morgan fingerprint density at radius 3 is 2.38 bits per heavy atom. The summed E-state index contributed by atoms with van der Waals surface area (Å²) in [6.07, 6.45) is 3.81. The molecule has 2 aromatic rings. The van der Waals surface area contributed by atoms with Crippen LogP contribution < -0.4 is 10.6 Å². The molecule has 26 heavy (non-hydrogen) atoms. The van der Waals surface area contributed by atoms with Crippen molar-refractivity contribution in [2.45, 2.75) is 72.4 Å². The summed E-state index contributed by atoms with van der Waals surface area (Å²) in [6, 6.07) is 2.03. The van der Waals surface area contributed by atoms with Gasteiger partial charge in [0.15, 0.2) is 11.7 Å². The zero-order chi connectivity index (χ0) is 18.9. The van der Waals surface area contributed by atoms with Crippen LogP contribution in [0, 0.1) is 0 Å². The maximum Gasteiger partial charge on any atom is 0.191 e. The summed E-state index contributed by atoms with van der Waals surface area (Å²) >= 11 is 0. The molecule has 0 aliphatic heterocycles. The Morgan fingerprint density at radius 1 is 1.04 bits per heavy atom. The number of rotatable bonds is 9. The van der Waals surface area contributed by atoms with Crippen molar-refractivity contribution < 1.29 is 9.05 Å². The van der Waals surface area contributed by atoms with Gasteiger partial charge >= 0.3 is 0 Å². The highest BCUT2D eigenvalue weighted by atomic mass is 16.5. The molecule has 7 heteroatoms. The summed E-state index contributed by atoms with van der Waals surface area (Å²) in [7, 11) is 1.75. The molecule has 0 saturated carbocycles. The van der Waals surface area contributed by atoms with Crippen LogP contribution in [0.3, 0.4) is 0 Å². The number of nitrogens with zero attached hydrogens (tertiary/aromatic N) is 3. The molecule has 0 bridgehead atoms. The molecule has 0 aliphatic carbocycles. The fourth-order valence-corrected chi connectivity index (χ4v) is 3.01. The molecule has 0 aromatic carbocycles. The lowest BCUT2D eigenvalue weighted by Gasteiger charge is -2.11. The van der Waals surface area contributed by atoms with Gasteiger partial charge < -0.3 is 19.7 Å². The molecule has 0 fully saturated rings. The van der Waals surface area contributed by atoms with E-state index in [0.29, 0.717) is 25.0 Å². The Morgan fingerprint density at radius 2 is 1.77 bits per heavy atom. The largest absolute Gasteiger partial charge is 0.361 e. The molecule has 2 rings (SSSR count). The van der Waals surface area contributed by atoms with Crippen molar-refractivity contribution in [3.05, 3.63) is 34.5 Å². The lowest BCUT2D eigenvalue weighted by Crippen LogP contribution is -2.36. The smallest absolute Gasteiger partial charge is 0.191 e. The first kappa shape index (κ1) is 20.0. The highest BCUT2D eigenvalue weighted by molar-refractivity contribution is 5.79. The van der Waals surface area contributed by atoms with E-state index in [-0.39, 0.29) is 0 Å². The third-order valence-electron chi connectivity index (χ3n) is 4.67. The second kappa shape index (κ2) is 9.99. The third kappa shape index (κ3) is 4.86. The zero-order valence-corrected chi connectivity index (χ0v) is 16.6. The molecular weight excluding hydrogens is 330 g/mol. The Balaban J connectivity index is 1.92. The van der Waals surface area contributed by atoms with E-state index in [1.54, 1.807) is 7.05 Å². The van der Waals surface area contributed by atoms with Crippen LogP contribution in [0.25, 0.3) is 0 Å². The van der Waals surface area contributed by atoms with E-state index in [1.807, 2.05) is 6.07 Å². The minimum atomic E-state index is 0.457. The predicted molar refractivity (Wildman–Crippen MR) is 102 cm³/mol. The molecule has 0 saturated heterocycles. The van der Waals surface area contributed by atoms with Gasteiger partial charge in [-0.05, 0) is 19.3 Å². The minimum Gasteiger partial charge on any atom is -0.361 e. The average molecular weight is 361 g/mol. The number of aromatic nitrogens is 2. The SMILES string of the molecule is CCc1noc(CC)c1CNC(=NC)NCc1cc(C(CC)CC)no1. The van der Waals surface area contributed by atoms with Gasteiger partial charge in [-0.3, -0.25) is 4.99 Å². The number of nitrogens with one attached hydrogen (secondary N) is 2. The lowest BCUT2D eigenvalue weighted by atomic mass is 9.99. The number of aryl methyl sites for hydroxylation is 2. The van der Waals surface area contributed by atoms with E-state index in [4.69, 9.17) is 9.05 Å². The van der Waals surface area contributed by atoms with Crippen molar-refractivity contribution in [2.75, 3.05) is 7.05 Å². The Labute approximate surface area is 155 Å². The zero-order valence-electron chi connectivity index (χ0n) is 16.6. The first-order valence-corrected chi connectivity index (χ1v) is 9.52. The van der Waals surface area contributed by atoms with Crippen molar-refractivity contribution in [1.29, 1.82) is 0 Å².